The summed E-state index contributed by atoms with van der Waals surface area (Å²) in [6, 6.07) is 16.1. The van der Waals surface area contributed by atoms with Crippen LogP contribution in [0, 0.1) is 5.82 Å². The standard InChI is InChI=1S/C24H29FN2/c1-2-8-20-11-5-6-15-27(20)16-14-22-21-12-3-4-13-23(21)26-24(22)18-9-7-10-19(25)17-18/h3-4,7,9-10,12-13,17,20,26H,2,5-6,8,11,14-16H2,1H3. The van der Waals surface area contributed by atoms with E-state index in [1.807, 2.05) is 6.07 Å². The summed E-state index contributed by atoms with van der Waals surface area (Å²) in [6.07, 6.45) is 7.55. The minimum Gasteiger partial charge on any atom is -0.354 e. The molecule has 3 aromatic rings. The van der Waals surface area contributed by atoms with Crippen molar-refractivity contribution in [1.29, 1.82) is 0 Å². The number of nitrogens with zero attached hydrogens (tertiary/aromatic N) is 1. The lowest BCUT2D eigenvalue weighted by Crippen LogP contribution is -2.40. The third kappa shape index (κ3) is 3.93. The topological polar surface area (TPSA) is 19.0 Å². The average Bonchev–Trinajstić information content (AvgIpc) is 3.06. The minimum atomic E-state index is -0.184. The number of fused-ring (bicyclic) bond motifs is 1. The number of aromatic nitrogens is 1. The molecular weight excluding hydrogens is 335 g/mol. The van der Waals surface area contributed by atoms with Gasteiger partial charge in [-0.15, -0.1) is 0 Å². The van der Waals surface area contributed by atoms with E-state index in [-0.39, 0.29) is 5.82 Å². The predicted molar refractivity (Wildman–Crippen MR) is 112 cm³/mol. The van der Waals surface area contributed by atoms with Crippen LogP contribution in [0.1, 0.15) is 44.6 Å². The van der Waals surface area contributed by atoms with Gasteiger partial charge in [0.15, 0.2) is 0 Å². The molecule has 1 N–H and O–H groups in total. The molecule has 2 heterocycles. The monoisotopic (exact) mass is 364 g/mol. The molecule has 1 aromatic heterocycles. The number of likely N-dealkylation sites (tertiary alicyclic amines) is 1. The van der Waals surface area contributed by atoms with Crippen LogP contribution < -0.4 is 0 Å². The Morgan fingerprint density at radius 3 is 2.85 bits per heavy atom. The van der Waals surface area contributed by atoms with Gasteiger partial charge in [-0.05, 0) is 56.0 Å². The van der Waals surface area contributed by atoms with E-state index >= 15 is 0 Å². The van der Waals surface area contributed by atoms with Gasteiger partial charge >= 0.3 is 0 Å². The number of piperidine rings is 1. The Kier molecular flexibility index (Phi) is 5.58. The third-order valence-corrected chi connectivity index (χ3v) is 5.95. The average molecular weight is 365 g/mol. The smallest absolute Gasteiger partial charge is 0.123 e. The number of hydrogen-bond acceptors (Lipinski definition) is 1. The van der Waals surface area contributed by atoms with E-state index in [4.69, 9.17) is 0 Å². The van der Waals surface area contributed by atoms with Gasteiger partial charge in [0, 0.05) is 34.7 Å². The van der Waals surface area contributed by atoms with Crippen LogP contribution in [0.15, 0.2) is 48.5 Å². The van der Waals surface area contributed by atoms with E-state index in [1.54, 1.807) is 12.1 Å². The molecule has 1 atom stereocenters. The molecule has 1 aliphatic heterocycles. The van der Waals surface area contributed by atoms with E-state index in [0.29, 0.717) is 0 Å². The summed E-state index contributed by atoms with van der Waals surface area (Å²) in [5.74, 6) is -0.184. The number of aromatic amines is 1. The lowest BCUT2D eigenvalue weighted by atomic mass is 9.96. The van der Waals surface area contributed by atoms with Gasteiger partial charge in [0.1, 0.15) is 5.82 Å². The normalized spacial score (nSPS) is 18.2. The van der Waals surface area contributed by atoms with Crippen molar-refractivity contribution in [3.8, 4) is 11.3 Å². The first-order valence-corrected chi connectivity index (χ1v) is 10.4. The Morgan fingerprint density at radius 2 is 2.00 bits per heavy atom. The fourth-order valence-electron chi connectivity index (χ4n) is 4.62. The van der Waals surface area contributed by atoms with Gasteiger partial charge in [0.05, 0.1) is 0 Å². The highest BCUT2D eigenvalue weighted by atomic mass is 19.1. The number of rotatable bonds is 6. The number of H-pyrrole nitrogens is 1. The summed E-state index contributed by atoms with van der Waals surface area (Å²) in [6.45, 7) is 4.58. The van der Waals surface area contributed by atoms with Crippen LogP contribution in [-0.2, 0) is 6.42 Å². The lowest BCUT2D eigenvalue weighted by Gasteiger charge is -2.35. The zero-order valence-electron chi connectivity index (χ0n) is 16.2. The second kappa shape index (κ2) is 8.26. The Bertz CT molecular complexity index is 896. The first-order valence-electron chi connectivity index (χ1n) is 10.4. The van der Waals surface area contributed by atoms with Gasteiger partial charge in [-0.3, -0.25) is 0 Å². The molecule has 27 heavy (non-hydrogen) atoms. The van der Waals surface area contributed by atoms with Crippen molar-refractivity contribution >= 4 is 10.9 Å². The van der Waals surface area contributed by atoms with Gasteiger partial charge in [-0.1, -0.05) is 50.1 Å². The maximum atomic E-state index is 13.8. The molecule has 4 rings (SSSR count). The number of benzene rings is 2. The van der Waals surface area contributed by atoms with E-state index < -0.39 is 0 Å². The molecule has 1 saturated heterocycles. The molecule has 0 radical (unpaired) electrons. The van der Waals surface area contributed by atoms with Crippen LogP contribution in [0.4, 0.5) is 4.39 Å². The molecular formula is C24H29FN2. The van der Waals surface area contributed by atoms with Crippen molar-refractivity contribution in [1.82, 2.24) is 9.88 Å². The van der Waals surface area contributed by atoms with Crippen molar-refractivity contribution in [2.75, 3.05) is 13.1 Å². The molecule has 1 unspecified atom stereocenters. The summed E-state index contributed by atoms with van der Waals surface area (Å²) in [5.41, 5.74) is 4.46. The number of para-hydroxylation sites is 1. The molecule has 0 bridgehead atoms. The van der Waals surface area contributed by atoms with Gasteiger partial charge in [-0.25, -0.2) is 4.39 Å². The fourth-order valence-corrected chi connectivity index (χ4v) is 4.62. The summed E-state index contributed by atoms with van der Waals surface area (Å²) in [5, 5.41) is 1.26. The number of halogens is 1. The Labute approximate surface area is 161 Å². The van der Waals surface area contributed by atoms with Gasteiger partial charge in [0.25, 0.3) is 0 Å². The van der Waals surface area contributed by atoms with E-state index in [0.717, 1.165) is 35.8 Å². The van der Waals surface area contributed by atoms with Crippen molar-refractivity contribution in [3.63, 3.8) is 0 Å². The highest BCUT2D eigenvalue weighted by molar-refractivity contribution is 5.90. The molecule has 0 spiro atoms. The summed E-state index contributed by atoms with van der Waals surface area (Å²) in [7, 11) is 0. The fraction of sp³-hybridized carbons (Fsp3) is 0.417. The molecule has 1 aliphatic rings. The van der Waals surface area contributed by atoms with E-state index in [1.165, 1.54) is 55.7 Å². The molecule has 0 saturated carbocycles. The Morgan fingerprint density at radius 1 is 1.11 bits per heavy atom. The minimum absolute atomic E-state index is 0.184. The Balaban J connectivity index is 1.65. The first kappa shape index (κ1) is 18.2. The maximum Gasteiger partial charge on any atom is 0.123 e. The summed E-state index contributed by atoms with van der Waals surface area (Å²) < 4.78 is 13.8. The number of hydrogen-bond donors (Lipinski definition) is 1. The predicted octanol–water partition coefficient (Wildman–Crippen LogP) is 6.17. The zero-order valence-corrected chi connectivity index (χ0v) is 16.2. The summed E-state index contributed by atoms with van der Waals surface area (Å²) in [4.78, 5) is 6.23. The Hall–Kier alpha value is -2.13. The maximum absolute atomic E-state index is 13.8. The van der Waals surface area contributed by atoms with Crippen molar-refractivity contribution < 1.29 is 4.39 Å². The second-order valence-corrected chi connectivity index (χ2v) is 7.76. The number of nitrogens with one attached hydrogen (secondary N) is 1. The van der Waals surface area contributed by atoms with Crippen LogP contribution in [0.25, 0.3) is 22.2 Å². The molecule has 2 aromatic carbocycles. The highest BCUT2D eigenvalue weighted by Gasteiger charge is 2.22. The van der Waals surface area contributed by atoms with E-state index in [9.17, 15) is 4.39 Å². The molecule has 2 nitrogen and oxygen atoms in total. The summed E-state index contributed by atoms with van der Waals surface area (Å²) >= 11 is 0. The molecule has 3 heteroatoms. The van der Waals surface area contributed by atoms with Crippen LogP contribution >= 0.6 is 0 Å². The third-order valence-electron chi connectivity index (χ3n) is 5.95. The van der Waals surface area contributed by atoms with Crippen molar-refractivity contribution in [3.05, 3.63) is 59.9 Å². The lowest BCUT2D eigenvalue weighted by molar-refractivity contribution is 0.141. The van der Waals surface area contributed by atoms with Crippen molar-refractivity contribution in [2.45, 2.75) is 51.5 Å². The highest BCUT2D eigenvalue weighted by Crippen LogP contribution is 2.32. The largest absolute Gasteiger partial charge is 0.354 e. The first-order chi connectivity index (χ1) is 13.3. The molecule has 142 valence electrons. The molecule has 1 fully saturated rings. The van der Waals surface area contributed by atoms with Crippen LogP contribution in [0.5, 0.6) is 0 Å². The quantitative estimate of drug-likeness (QED) is 0.554. The van der Waals surface area contributed by atoms with Gasteiger partial charge in [-0.2, -0.15) is 0 Å². The van der Waals surface area contributed by atoms with Gasteiger partial charge < -0.3 is 9.88 Å². The molecule has 0 amide bonds. The van der Waals surface area contributed by atoms with Crippen LogP contribution in [0.2, 0.25) is 0 Å². The van der Waals surface area contributed by atoms with Crippen LogP contribution in [0.3, 0.4) is 0 Å². The zero-order chi connectivity index (χ0) is 18.6. The molecule has 0 aliphatic carbocycles. The van der Waals surface area contributed by atoms with Crippen LogP contribution in [-0.4, -0.2) is 29.0 Å². The van der Waals surface area contributed by atoms with Crippen molar-refractivity contribution in [2.24, 2.45) is 0 Å². The van der Waals surface area contributed by atoms with E-state index in [2.05, 4.69) is 41.1 Å². The SMILES string of the molecule is CCCC1CCCCN1CCc1c(-c2cccc(F)c2)[nH]c2ccccc12. The second-order valence-electron chi connectivity index (χ2n) is 7.76. The van der Waals surface area contributed by atoms with Gasteiger partial charge in [0.2, 0.25) is 0 Å².